The minimum absolute atomic E-state index is 0.336. The fourth-order valence-corrected chi connectivity index (χ4v) is 2.90. The first-order valence-electron chi connectivity index (χ1n) is 7.07. The Morgan fingerprint density at radius 1 is 1.05 bits per heavy atom. The zero-order valence-corrected chi connectivity index (χ0v) is 12.7. The highest BCUT2D eigenvalue weighted by molar-refractivity contribution is 5.40. The van der Waals surface area contributed by atoms with E-state index in [1.54, 1.807) is 14.2 Å². The molecule has 4 nitrogen and oxygen atoms in total. The molecule has 0 spiro atoms. The second-order valence-electron chi connectivity index (χ2n) is 5.41. The number of likely N-dealkylation sites (N-methyl/N-ethyl adjacent to an activating group) is 1. The lowest BCUT2D eigenvalue weighted by molar-refractivity contribution is 0.286. The smallest absolute Gasteiger partial charge is 0.213 e. The van der Waals surface area contributed by atoms with E-state index in [1.807, 2.05) is 18.2 Å². The van der Waals surface area contributed by atoms with Gasteiger partial charge in [0.05, 0.1) is 19.9 Å². The van der Waals surface area contributed by atoms with Crippen molar-refractivity contribution >= 4 is 0 Å². The van der Waals surface area contributed by atoms with E-state index < -0.39 is 0 Å². The zero-order valence-electron chi connectivity index (χ0n) is 12.7. The van der Waals surface area contributed by atoms with Crippen LogP contribution in [0.5, 0.6) is 11.6 Å². The maximum atomic E-state index is 5.24. The van der Waals surface area contributed by atoms with Gasteiger partial charge in [0, 0.05) is 25.1 Å². The van der Waals surface area contributed by atoms with E-state index in [1.165, 1.54) is 11.1 Å². The van der Waals surface area contributed by atoms with Crippen molar-refractivity contribution in [3.05, 3.63) is 53.2 Å². The van der Waals surface area contributed by atoms with Crippen LogP contribution in [-0.4, -0.2) is 37.7 Å². The van der Waals surface area contributed by atoms with Crippen molar-refractivity contribution in [3.8, 4) is 11.6 Å². The van der Waals surface area contributed by atoms with Gasteiger partial charge in [0.1, 0.15) is 5.75 Å². The van der Waals surface area contributed by atoms with E-state index in [9.17, 15) is 0 Å². The number of pyridine rings is 1. The summed E-state index contributed by atoms with van der Waals surface area (Å²) in [4.78, 5) is 6.90. The third-order valence-corrected chi connectivity index (χ3v) is 4.00. The third-order valence-electron chi connectivity index (χ3n) is 4.00. The molecule has 1 atom stereocenters. The number of ether oxygens (including phenoxy) is 2. The lowest BCUT2D eigenvalue weighted by Gasteiger charge is -2.32. The summed E-state index contributed by atoms with van der Waals surface area (Å²) in [6.45, 7) is 1.85. The molecule has 0 fully saturated rings. The van der Waals surface area contributed by atoms with Crippen LogP contribution >= 0.6 is 0 Å². The van der Waals surface area contributed by atoms with E-state index >= 15 is 0 Å². The highest BCUT2D eigenvalue weighted by Gasteiger charge is 2.26. The largest absolute Gasteiger partial charge is 0.497 e. The van der Waals surface area contributed by atoms with Crippen LogP contribution in [0.2, 0.25) is 0 Å². The SMILES string of the molecule is COc1ccc(C2CN(C)Cc3nc(OC)ccc32)cc1. The zero-order chi connectivity index (χ0) is 14.8. The summed E-state index contributed by atoms with van der Waals surface area (Å²) >= 11 is 0. The molecule has 0 radical (unpaired) electrons. The lowest BCUT2D eigenvalue weighted by atomic mass is 9.87. The van der Waals surface area contributed by atoms with Gasteiger partial charge in [-0.05, 0) is 30.3 Å². The summed E-state index contributed by atoms with van der Waals surface area (Å²) in [5.41, 5.74) is 3.68. The Labute approximate surface area is 125 Å². The number of aromatic nitrogens is 1. The number of methoxy groups -OCH3 is 2. The molecule has 1 aliphatic heterocycles. The molecule has 2 aromatic rings. The van der Waals surface area contributed by atoms with Gasteiger partial charge in [-0.15, -0.1) is 0 Å². The van der Waals surface area contributed by atoms with Crippen LogP contribution in [0.1, 0.15) is 22.7 Å². The Hall–Kier alpha value is -2.07. The monoisotopic (exact) mass is 284 g/mol. The summed E-state index contributed by atoms with van der Waals surface area (Å²) in [5.74, 6) is 1.90. The van der Waals surface area contributed by atoms with E-state index in [4.69, 9.17) is 9.47 Å². The Morgan fingerprint density at radius 3 is 2.48 bits per heavy atom. The van der Waals surface area contributed by atoms with Gasteiger partial charge in [0.2, 0.25) is 5.88 Å². The fourth-order valence-electron chi connectivity index (χ4n) is 2.90. The Kier molecular flexibility index (Phi) is 3.80. The molecular weight excluding hydrogens is 264 g/mol. The van der Waals surface area contributed by atoms with Crippen molar-refractivity contribution in [2.45, 2.75) is 12.5 Å². The average Bonchev–Trinajstić information content (AvgIpc) is 2.53. The predicted octanol–water partition coefficient (Wildman–Crippen LogP) is 2.68. The number of rotatable bonds is 3. The van der Waals surface area contributed by atoms with Gasteiger partial charge in [0.15, 0.2) is 0 Å². The normalized spacial score (nSPS) is 18.1. The van der Waals surface area contributed by atoms with Crippen molar-refractivity contribution in [1.82, 2.24) is 9.88 Å². The minimum atomic E-state index is 0.336. The van der Waals surface area contributed by atoms with Crippen LogP contribution < -0.4 is 9.47 Å². The lowest BCUT2D eigenvalue weighted by Crippen LogP contribution is -2.31. The maximum Gasteiger partial charge on any atom is 0.213 e. The molecule has 0 aliphatic carbocycles. The Bertz CT molecular complexity index is 625. The molecule has 0 amide bonds. The van der Waals surface area contributed by atoms with E-state index in [-0.39, 0.29) is 0 Å². The molecule has 0 saturated heterocycles. The van der Waals surface area contributed by atoms with Crippen LogP contribution in [0.3, 0.4) is 0 Å². The number of nitrogens with zero attached hydrogens (tertiary/aromatic N) is 2. The van der Waals surface area contributed by atoms with Crippen LogP contribution in [0.15, 0.2) is 36.4 Å². The summed E-state index contributed by atoms with van der Waals surface area (Å²) < 4.78 is 10.5. The number of fused-ring (bicyclic) bond motifs is 1. The Balaban J connectivity index is 1.99. The highest BCUT2D eigenvalue weighted by Crippen LogP contribution is 2.33. The molecule has 1 unspecified atom stereocenters. The predicted molar refractivity (Wildman–Crippen MR) is 82.0 cm³/mol. The summed E-state index contributed by atoms with van der Waals surface area (Å²) in [6.07, 6.45) is 0. The summed E-state index contributed by atoms with van der Waals surface area (Å²) in [6, 6.07) is 12.4. The van der Waals surface area contributed by atoms with Crippen molar-refractivity contribution in [1.29, 1.82) is 0 Å². The van der Waals surface area contributed by atoms with Crippen LogP contribution in [0.25, 0.3) is 0 Å². The second-order valence-corrected chi connectivity index (χ2v) is 5.41. The van der Waals surface area contributed by atoms with Crippen molar-refractivity contribution < 1.29 is 9.47 Å². The van der Waals surface area contributed by atoms with Gasteiger partial charge in [-0.25, -0.2) is 4.98 Å². The van der Waals surface area contributed by atoms with Crippen LogP contribution in [-0.2, 0) is 6.54 Å². The first-order valence-corrected chi connectivity index (χ1v) is 7.07. The fraction of sp³-hybridized carbons (Fsp3) is 0.353. The van der Waals surface area contributed by atoms with E-state index in [2.05, 4.69) is 35.1 Å². The van der Waals surface area contributed by atoms with Crippen LogP contribution in [0, 0.1) is 0 Å². The van der Waals surface area contributed by atoms with Crippen molar-refractivity contribution in [2.75, 3.05) is 27.8 Å². The van der Waals surface area contributed by atoms with Crippen molar-refractivity contribution in [2.24, 2.45) is 0 Å². The first-order chi connectivity index (χ1) is 10.2. The van der Waals surface area contributed by atoms with E-state index in [0.29, 0.717) is 11.8 Å². The molecule has 4 heteroatoms. The third kappa shape index (κ3) is 2.72. The second kappa shape index (κ2) is 5.74. The maximum absolute atomic E-state index is 5.24. The molecule has 0 bridgehead atoms. The van der Waals surface area contributed by atoms with Crippen molar-refractivity contribution in [3.63, 3.8) is 0 Å². The number of hydrogen-bond donors (Lipinski definition) is 0. The van der Waals surface area contributed by atoms with E-state index in [0.717, 1.165) is 24.5 Å². The molecule has 0 saturated carbocycles. The number of benzene rings is 1. The molecular formula is C17H20N2O2. The highest BCUT2D eigenvalue weighted by atomic mass is 16.5. The minimum Gasteiger partial charge on any atom is -0.497 e. The molecule has 21 heavy (non-hydrogen) atoms. The quantitative estimate of drug-likeness (QED) is 0.868. The Morgan fingerprint density at radius 2 is 1.81 bits per heavy atom. The molecule has 110 valence electrons. The van der Waals surface area contributed by atoms with Gasteiger partial charge in [-0.1, -0.05) is 18.2 Å². The number of hydrogen-bond acceptors (Lipinski definition) is 4. The van der Waals surface area contributed by atoms with Gasteiger partial charge in [-0.3, -0.25) is 4.90 Å². The summed E-state index contributed by atoms with van der Waals surface area (Å²) in [5, 5.41) is 0. The standard InChI is InChI=1S/C17H20N2O2/c1-19-10-15(12-4-6-13(20-2)7-5-12)14-8-9-17(21-3)18-16(14)11-19/h4-9,15H,10-11H2,1-3H3. The van der Waals surface area contributed by atoms with Gasteiger partial charge in [-0.2, -0.15) is 0 Å². The molecule has 0 N–H and O–H groups in total. The molecule has 1 aromatic heterocycles. The topological polar surface area (TPSA) is 34.6 Å². The van der Waals surface area contributed by atoms with Gasteiger partial charge >= 0.3 is 0 Å². The average molecular weight is 284 g/mol. The van der Waals surface area contributed by atoms with Crippen LogP contribution in [0.4, 0.5) is 0 Å². The van der Waals surface area contributed by atoms with Gasteiger partial charge in [0.25, 0.3) is 0 Å². The summed E-state index contributed by atoms with van der Waals surface area (Å²) in [7, 11) is 5.47. The van der Waals surface area contributed by atoms with Gasteiger partial charge < -0.3 is 9.47 Å². The molecule has 1 aromatic carbocycles. The molecule has 3 rings (SSSR count). The molecule has 1 aliphatic rings. The molecule has 2 heterocycles. The first kappa shape index (κ1) is 13.9.